The van der Waals surface area contributed by atoms with E-state index in [1.165, 1.54) is 0 Å². The van der Waals surface area contributed by atoms with Crippen LogP contribution in [0, 0.1) is 0 Å². The van der Waals surface area contributed by atoms with Crippen LogP contribution in [-0.4, -0.2) is 49.1 Å². The molecule has 1 saturated heterocycles. The van der Waals surface area contributed by atoms with E-state index in [9.17, 15) is 9.59 Å². The van der Waals surface area contributed by atoms with Crippen molar-refractivity contribution in [1.29, 1.82) is 0 Å². The first kappa shape index (κ1) is 15.0. The predicted molar refractivity (Wildman–Crippen MR) is 69.1 cm³/mol. The Kier molecular flexibility index (Phi) is 6.72. The first-order valence-electron chi connectivity index (χ1n) is 6.83. The minimum absolute atomic E-state index is 0.0776. The highest BCUT2D eigenvalue weighted by molar-refractivity contribution is 5.82. The molecule has 0 aromatic rings. The number of hydrogen-bond acceptors (Lipinski definition) is 4. The molecule has 1 N–H and O–H groups in total. The van der Waals surface area contributed by atoms with Crippen LogP contribution in [0.1, 0.15) is 39.5 Å². The molecule has 1 rings (SSSR count). The summed E-state index contributed by atoms with van der Waals surface area (Å²) >= 11 is 0. The lowest BCUT2D eigenvalue weighted by Crippen LogP contribution is -2.45. The molecule has 1 amide bonds. The normalized spacial score (nSPS) is 16.7. The van der Waals surface area contributed by atoms with Crippen molar-refractivity contribution in [3.8, 4) is 0 Å². The lowest BCUT2D eigenvalue weighted by Gasteiger charge is -2.20. The van der Waals surface area contributed by atoms with E-state index in [0.29, 0.717) is 6.61 Å². The molecule has 0 aromatic heterocycles. The van der Waals surface area contributed by atoms with Gasteiger partial charge in [0.2, 0.25) is 5.91 Å². The Labute approximate surface area is 109 Å². The highest BCUT2D eigenvalue weighted by atomic mass is 16.5. The molecule has 5 heteroatoms. The third-order valence-corrected chi connectivity index (χ3v) is 3.10. The number of likely N-dealkylation sites (tertiary alicyclic amines) is 1. The van der Waals surface area contributed by atoms with E-state index in [-0.39, 0.29) is 24.5 Å². The molecule has 0 aromatic carbocycles. The van der Waals surface area contributed by atoms with Crippen molar-refractivity contribution in [2.75, 3.05) is 26.2 Å². The molecule has 0 bridgehead atoms. The molecule has 0 radical (unpaired) electrons. The molecule has 1 aliphatic rings. The summed E-state index contributed by atoms with van der Waals surface area (Å²) in [5, 5.41) is 2.92. The number of nitrogens with one attached hydrogen (secondary N) is 1. The van der Waals surface area contributed by atoms with Crippen LogP contribution in [-0.2, 0) is 14.3 Å². The Hall–Kier alpha value is -1.10. The second-order valence-corrected chi connectivity index (χ2v) is 4.71. The van der Waals surface area contributed by atoms with Crippen LogP contribution in [0.4, 0.5) is 0 Å². The van der Waals surface area contributed by atoms with Crippen LogP contribution in [0.15, 0.2) is 0 Å². The van der Waals surface area contributed by atoms with Gasteiger partial charge in [0.05, 0.1) is 19.2 Å². The van der Waals surface area contributed by atoms with Crippen molar-refractivity contribution in [2.24, 2.45) is 0 Å². The molecular weight excluding hydrogens is 232 g/mol. The monoisotopic (exact) mass is 256 g/mol. The van der Waals surface area contributed by atoms with E-state index in [1.54, 1.807) is 6.92 Å². The summed E-state index contributed by atoms with van der Waals surface area (Å²) in [6.45, 7) is 6.08. The Morgan fingerprint density at radius 3 is 2.61 bits per heavy atom. The van der Waals surface area contributed by atoms with Crippen LogP contribution in [0.2, 0.25) is 0 Å². The Morgan fingerprint density at radius 2 is 2.00 bits per heavy atom. The quantitative estimate of drug-likeness (QED) is 0.544. The van der Waals surface area contributed by atoms with Gasteiger partial charge in [-0.3, -0.25) is 14.9 Å². The van der Waals surface area contributed by atoms with Crippen molar-refractivity contribution >= 4 is 11.9 Å². The summed E-state index contributed by atoms with van der Waals surface area (Å²) in [6.07, 6.45) is 4.05. The van der Waals surface area contributed by atoms with Gasteiger partial charge in [-0.2, -0.15) is 0 Å². The molecule has 1 aliphatic heterocycles. The summed E-state index contributed by atoms with van der Waals surface area (Å²) < 4.78 is 5.01. The lowest BCUT2D eigenvalue weighted by atomic mass is 10.3. The van der Waals surface area contributed by atoms with Gasteiger partial charge in [-0.25, -0.2) is 0 Å². The van der Waals surface area contributed by atoms with Crippen molar-refractivity contribution in [1.82, 2.24) is 10.2 Å². The second kappa shape index (κ2) is 8.08. The maximum atomic E-state index is 11.9. The Balaban J connectivity index is 2.17. The van der Waals surface area contributed by atoms with E-state index in [4.69, 9.17) is 4.74 Å². The minimum atomic E-state index is -0.318. The number of hydrogen-bond donors (Lipinski definition) is 1. The van der Waals surface area contributed by atoms with Crippen LogP contribution < -0.4 is 5.32 Å². The smallest absolute Gasteiger partial charge is 0.319 e. The van der Waals surface area contributed by atoms with E-state index in [2.05, 4.69) is 5.32 Å². The van der Waals surface area contributed by atoms with Gasteiger partial charge >= 0.3 is 5.97 Å². The van der Waals surface area contributed by atoms with Gasteiger partial charge in [0.15, 0.2) is 0 Å². The number of esters is 1. The summed E-state index contributed by atoms with van der Waals surface area (Å²) in [5.74, 6) is -0.210. The number of amides is 1. The van der Waals surface area contributed by atoms with Crippen molar-refractivity contribution < 1.29 is 14.3 Å². The molecule has 104 valence electrons. The van der Waals surface area contributed by atoms with E-state index in [1.807, 2.05) is 11.8 Å². The molecular formula is C13H24N2O3. The van der Waals surface area contributed by atoms with Gasteiger partial charge in [-0.05, 0) is 26.2 Å². The van der Waals surface area contributed by atoms with E-state index < -0.39 is 0 Å². The number of carbonyl (C=O) groups is 2. The zero-order valence-corrected chi connectivity index (χ0v) is 11.4. The topological polar surface area (TPSA) is 58.6 Å². The SMILES string of the molecule is CCCCOC(=O)CNC(C)C(=O)N1CCCC1. The van der Waals surface area contributed by atoms with Gasteiger partial charge in [-0.15, -0.1) is 0 Å². The lowest BCUT2D eigenvalue weighted by molar-refractivity contribution is -0.143. The number of nitrogens with zero attached hydrogens (tertiary/aromatic N) is 1. The average molecular weight is 256 g/mol. The maximum Gasteiger partial charge on any atom is 0.319 e. The number of rotatable bonds is 7. The fraction of sp³-hybridized carbons (Fsp3) is 0.846. The molecule has 0 aliphatic carbocycles. The number of carbonyl (C=O) groups excluding carboxylic acids is 2. The van der Waals surface area contributed by atoms with Gasteiger partial charge in [-0.1, -0.05) is 13.3 Å². The molecule has 0 saturated carbocycles. The van der Waals surface area contributed by atoms with Crippen molar-refractivity contribution in [3.05, 3.63) is 0 Å². The first-order valence-corrected chi connectivity index (χ1v) is 6.83. The largest absolute Gasteiger partial charge is 0.465 e. The molecule has 1 heterocycles. The zero-order chi connectivity index (χ0) is 13.4. The van der Waals surface area contributed by atoms with Gasteiger partial charge < -0.3 is 9.64 Å². The molecule has 5 nitrogen and oxygen atoms in total. The molecule has 18 heavy (non-hydrogen) atoms. The van der Waals surface area contributed by atoms with Gasteiger partial charge in [0.1, 0.15) is 0 Å². The van der Waals surface area contributed by atoms with Crippen LogP contribution in [0.5, 0.6) is 0 Å². The fourth-order valence-corrected chi connectivity index (χ4v) is 1.92. The van der Waals surface area contributed by atoms with Gasteiger partial charge in [0.25, 0.3) is 0 Å². The first-order chi connectivity index (χ1) is 8.65. The molecule has 0 spiro atoms. The summed E-state index contributed by atoms with van der Waals surface area (Å²) in [4.78, 5) is 25.1. The molecule has 1 unspecified atom stereocenters. The third-order valence-electron chi connectivity index (χ3n) is 3.10. The number of unbranched alkanes of at least 4 members (excludes halogenated alkanes) is 1. The summed E-state index contributed by atoms with van der Waals surface area (Å²) in [7, 11) is 0. The standard InChI is InChI=1S/C13H24N2O3/c1-3-4-9-18-12(16)10-14-11(2)13(17)15-7-5-6-8-15/h11,14H,3-10H2,1-2H3. The summed E-state index contributed by atoms with van der Waals surface area (Å²) in [6, 6.07) is -0.318. The van der Waals surface area contributed by atoms with Crippen molar-refractivity contribution in [2.45, 2.75) is 45.6 Å². The fourth-order valence-electron chi connectivity index (χ4n) is 1.92. The maximum absolute atomic E-state index is 11.9. The van der Waals surface area contributed by atoms with Crippen LogP contribution in [0.3, 0.4) is 0 Å². The van der Waals surface area contributed by atoms with E-state index in [0.717, 1.165) is 38.8 Å². The highest BCUT2D eigenvalue weighted by Crippen LogP contribution is 2.08. The van der Waals surface area contributed by atoms with Gasteiger partial charge in [0, 0.05) is 13.1 Å². The Morgan fingerprint density at radius 1 is 1.33 bits per heavy atom. The highest BCUT2D eigenvalue weighted by Gasteiger charge is 2.23. The summed E-state index contributed by atoms with van der Waals surface area (Å²) in [5.41, 5.74) is 0. The zero-order valence-electron chi connectivity index (χ0n) is 11.4. The third kappa shape index (κ3) is 5.04. The predicted octanol–water partition coefficient (Wildman–Crippen LogP) is 0.930. The second-order valence-electron chi connectivity index (χ2n) is 4.71. The van der Waals surface area contributed by atoms with E-state index >= 15 is 0 Å². The van der Waals surface area contributed by atoms with Crippen molar-refractivity contribution in [3.63, 3.8) is 0 Å². The van der Waals surface area contributed by atoms with Crippen LogP contribution in [0.25, 0.3) is 0 Å². The van der Waals surface area contributed by atoms with Crippen LogP contribution >= 0.6 is 0 Å². The molecule has 1 fully saturated rings. The average Bonchev–Trinajstić information content (AvgIpc) is 2.89. The Bertz CT molecular complexity index is 275. The minimum Gasteiger partial charge on any atom is -0.465 e. The number of ether oxygens (including phenoxy) is 1. The molecule has 1 atom stereocenters.